The highest BCUT2D eigenvalue weighted by Gasteiger charge is 2.16. The molecule has 12 heavy (non-hydrogen) atoms. The minimum Gasteiger partial charge on any atom is -0.295 e. The van der Waals surface area contributed by atoms with Gasteiger partial charge in [-0.3, -0.25) is 8.32 Å². The standard InChI is InChI=1S/C9H16INO/c1-7(9(2,3)4)5-6-8(12)11-10/h5-7H,1-4H3,(H,11,12)/b6-5-/t7-/m1/s1. The van der Waals surface area contributed by atoms with Crippen LogP contribution in [-0.2, 0) is 4.79 Å². The first-order valence-corrected chi connectivity index (χ1v) is 5.04. The number of carbonyl (C=O) groups excluding carboxylic acids is 1. The van der Waals surface area contributed by atoms with Crippen LogP contribution in [0.4, 0.5) is 0 Å². The summed E-state index contributed by atoms with van der Waals surface area (Å²) in [6.07, 6.45) is 3.52. The van der Waals surface area contributed by atoms with E-state index in [0.29, 0.717) is 5.92 Å². The number of carbonyl (C=O) groups is 1. The van der Waals surface area contributed by atoms with E-state index in [9.17, 15) is 4.79 Å². The summed E-state index contributed by atoms with van der Waals surface area (Å²) in [4.78, 5) is 10.8. The van der Waals surface area contributed by atoms with Crippen molar-refractivity contribution >= 4 is 28.8 Å². The molecule has 0 bridgehead atoms. The van der Waals surface area contributed by atoms with Gasteiger partial charge in [-0.15, -0.1) is 0 Å². The van der Waals surface area contributed by atoms with Gasteiger partial charge in [0.2, 0.25) is 0 Å². The van der Waals surface area contributed by atoms with Crippen molar-refractivity contribution in [3.8, 4) is 0 Å². The van der Waals surface area contributed by atoms with Crippen molar-refractivity contribution in [3.05, 3.63) is 12.2 Å². The van der Waals surface area contributed by atoms with E-state index >= 15 is 0 Å². The molecule has 2 nitrogen and oxygen atoms in total. The number of nitrogens with one attached hydrogen (secondary N) is 1. The molecule has 0 spiro atoms. The van der Waals surface area contributed by atoms with Gasteiger partial charge >= 0.3 is 0 Å². The number of amides is 1. The predicted molar refractivity (Wildman–Crippen MR) is 59.9 cm³/mol. The van der Waals surface area contributed by atoms with Crippen molar-refractivity contribution in [2.24, 2.45) is 11.3 Å². The van der Waals surface area contributed by atoms with Crippen LogP contribution in [0.1, 0.15) is 27.7 Å². The summed E-state index contributed by atoms with van der Waals surface area (Å²) in [6.45, 7) is 8.58. The van der Waals surface area contributed by atoms with Crippen LogP contribution in [0.25, 0.3) is 0 Å². The zero-order chi connectivity index (χ0) is 9.78. The third kappa shape index (κ3) is 4.74. The lowest BCUT2D eigenvalue weighted by Crippen LogP contribution is -2.16. The van der Waals surface area contributed by atoms with Crippen LogP contribution in [0.15, 0.2) is 12.2 Å². The van der Waals surface area contributed by atoms with E-state index in [4.69, 9.17) is 0 Å². The summed E-state index contributed by atoms with van der Waals surface area (Å²) in [7, 11) is 0. The van der Waals surface area contributed by atoms with Crippen molar-refractivity contribution in [3.63, 3.8) is 0 Å². The van der Waals surface area contributed by atoms with E-state index in [1.165, 1.54) is 0 Å². The van der Waals surface area contributed by atoms with Gasteiger partial charge in [-0.25, -0.2) is 0 Å². The van der Waals surface area contributed by atoms with Crippen LogP contribution in [0.5, 0.6) is 0 Å². The summed E-state index contributed by atoms with van der Waals surface area (Å²) in [5.74, 6) is 0.359. The topological polar surface area (TPSA) is 29.1 Å². The monoisotopic (exact) mass is 281 g/mol. The van der Waals surface area contributed by atoms with Gasteiger partial charge in [-0.05, 0) is 17.4 Å². The fourth-order valence-corrected chi connectivity index (χ4v) is 0.732. The molecule has 0 aromatic carbocycles. The third-order valence-corrected chi connectivity index (χ3v) is 2.53. The van der Waals surface area contributed by atoms with E-state index in [1.807, 2.05) is 28.9 Å². The van der Waals surface area contributed by atoms with Crippen molar-refractivity contribution < 1.29 is 4.79 Å². The number of halogens is 1. The molecule has 0 aliphatic carbocycles. The molecule has 1 atom stereocenters. The summed E-state index contributed by atoms with van der Waals surface area (Å²) in [5, 5.41) is 0. The smallest absolute Gasteiger partial charge is 0.252 e. The lowest BCUT2D eigenvalue weighted by Gasteiger charge is -2.23. The van der Waals surface area contributed by atoms with Gasteiger partial charge in [-0.2, -0.15) is 0 Å². The maximum absolute atomic E-state index is 10.8. The average Bonchev–Trinajstić information content (AvgIpc) is 1.97. The minimum atomic E-state index is -0.0494. The molecule has 0 unspecified atom stereocenters. The SMILES string of the molecule is C[C@H](/C=C\C(=O)NI)C(C)(C)C. The van der Waals surface area contributed by atoms with Gasteiger partial charge in [0, 0.05) is 0 Å². The van der Waals surface area contributed by atoms with E-state index in [1.54, 1.807) is 6.08 Å². The number of hydrogen-bond donors (Lipinski definition) is 1. The molecule has 3 heteroatoms. The van der Waals surface area contributed by atoms with Crippen LogP contribution in [0.3, 0.4) is 0 Å². The van der Waals surface area contributed by atoms with Gasteiger partial charge in [-0.1, -0.05) is 33.8 Å². The van der Waals surface area contributed by atoms with Gasteiger partial charge in [0.1, 0.15) is 0 Å². The normalized spacial score (nSPS) is 14.8. The molecule has 0 saturated heterocycles. The number of hydrogen-bond acceptors (Lipinski definition) is 1. The van der Waals surface area contributed by atoms with Crippen molar-refractivity contribution in [2.75, 3.05) is 0 Å². The largest absolute Gasteiger partial charge is 0.295 e. The zero-order valence-electron chi connectivity index (χ0n) is 8.02. The molecule has 0 aliphatic rings. The van der Waals surface area contributed by atoms with E-state index in [0.717, 1.165) is 0 Å². The van der Waals surface area contributed by atoms with Crippen molar-refractivity contribution in [2.45, 2.75) is 27.7 Å². The molecule has 1 N–H and O–H groups in total. The zero-order valence-corrected chi connectivity index (χ0v) is 10.2. The predicted octanol–water partition coefficient (Wildman–Crippen LogP) is 2.69. The molecule has 0 aromatic heterocycles. The van der Waals surface area contributed by atoms with E-state index in [-0.39, 0.29) is 11.3 Å². The second kappa shape index (κ2) is 4.84. The molecule has 0 fully saturated rings. The Morgan fingerprint density at radius 1 is 1.50 bits per heavy atom. The van der Waals surface area contributed by atoms with Crippen LogP contribution in [-0.4, -0.2) is 5.91 Å². The molecule has 0 saturated carbocycles. The second-order valence-electron chi connectivity index (χ2n) is 3.97. The maximum atomic E-state index is 10.8. The number of allylic oxidation sites excluding steroid dienone is 1. The summed E-state index contributed by atoms with van der Waals surface area (Å²) >= 11 is 1.83. The van der Waals surface area contributed by atoms with Crippen LogP contribution >= 0.6 is 22.9 Å². The highest BCUT2D eigenvalue weighted by molar-refractivity contribution is 14.1. The van der Waals surface area contributed by atoms with Gasteiger partial charge in [0.15, 0.2) is 0 Å². The number of rotatable bonds is 2. The average molecular weight is 281 g/mol. The van der Waals surface area contributed by atoms with Crippen LogP contribution < -0.4 is 3.53 Å². The Morgan fingerprint density at radius 2 is 2.00 bits per heavy atom. The highest BCUT2D eigenvalue weighted by Crippen LogP contribution is 2.25. The third-order valence-electron chi connectivity index (χ3n) is 2.00. The van der Waals surface area contributed by atoms with Gasteiger partial charge in [0.05, 0.1) is 22.9 Å². The Kier molecular flexibility index (Phi) is 4.82. The Hall–Kier alpha value is -0.0600. The Labute approximate surface area is 88.3 Å². The molecule has 0 radical (unpaired) electrons. The van der Waals surface area contributed by atoms with E-state index in [2.05, 4.69) is 31.2 Å². The quantitative estimate of drug-likeness (QED) is 0.470. The van der Waals surface area contributed by atoms with E-state index < -0.39 is 0 Å². The fraction of sp³-hybridized carbons (Fsp3) is 0.667. The fourth-order valence-electron chi connectivity index (χ4n) is 0.552. The summed E-state index contributed by atoms with van der Waals surface area (Å²) < 4.78 is 2.52. The summed E-state index contributed by atoms with van der Waals surface area (Å²) in [5.41, 5.74) is 0.224. The maximum Gasteiger partial charge on any atom is 0.252 e. The van der Waals surface area contributed by atoms with Crippen molar-refractivity contribution in [1.29, 1.82) is 0 Å². The van der Waals surface area contributed by atoms with Crippen LogP contribution in [0, 0.1) is 11.3 Å². The lowest BCUT2D eigenvalue weighted by molar-refractivity contribution is -0.114. The van der Waals surface area contributed by atoms with Crippen molar-refractivity contribution in [1.82, 2.24) is 3.53 Å². The second-order valence-corrected chi connectivity index (χ2v) is 4.51. The Morgan fingerprint density at radius 3 is 2.33 bits per heavy atom. The molecule has 70 valence electrons. The minimum absolute atomic E-state index is 0.0494. The molecule has 1 amide bonds. The Bertz CT molecular complexity index is 181. The first-order valence-electron chi connectivity index (χ1n) is 3.96. The first-order chi connectivity index (χ1) is 5.38. The Balaban J connectivity index is 4.09. The highest BCUT2D eigenvalue weighted by atomic mass is 127. The lowest BCUT2D eigenvalue weighted by atomic mass is 9.82. The summed E-state index contributed by atoms with van der Waals surface area (Å²) in [6, 6.07) is 0. The molecular formula is C9H16INO. The molecular weight excluding hydrogens is 265 g/mol. The van der Waals surface area contributed by atoms with Crippen LogP contribution in [0.2, 0.25) is 0 Å². The molecule has 0 heterocycles. The molecule has 0 aliphatic heterocycles. The first kappa shape index (κ1) is 11.9. The molecule has 0 rings (SSSR count). The molecule has 0 aromatic rings. The van der Waals surface area contributed by atoms with Gasteiger partial charge < -0.3 is 0 Å². The van der Waals surface area contributed by atoms with Gasteiger partial charge in [0.25, 0.3) is 5.91 Å².